The van der Waals surface area contributed by atoms with E-state index >= 15 is 0 Å². The van der Waals surface area contributed by atoms with Crippen molar-refractivity contribution in [1.82, 2.24) is 4.90 Å². The van der Waals surface area contributed by atoms with Crippen LogP contribution in [-0.4, -0.2) is 50.6 Å². The van der Waals surface area contributed by atoms with Gasteiger partial charge >= 0.3 is 0 Å². The number of methoxy groups -OCH3 is 1. The van der Waals surface area contributed by atoms with Gasteiger partial charge in [-0.1, -0.05) is 20.8 Å². The van der Waals surface area contributed by atoms with Gasteiger partial charge in [-0.05, 0) is 42.0 Å². The van der Waals surface area contributed by atoms with Crippen molar-refractivity contribution in [2.24, 2.45) is 5.41 Å². The highest BCUT2D eigenvalue weighted by Gasteiger charge is 2.33. The van der Waals surface area contributed by atoms with E-state index in [-0.39, 0.29) is 23.8 Å². The van der Waals surface area contributed by atoms with E-state index in [0.29, 0.717) is 19.0 Å². The smallest absolute Gasteiger partial charge is 0.249 e. The molecule has 0 atom stereocenters. The minimum absolute atomic E-state index is 0.000520. The summed E-state index contributed by atoms with van der Waals surface area (Å²) in [4.78, 5) is 28.7. The van der Waals surface area contributed by atoms with Crippen molar-refractivity contribution in [2.75, 3.05) is 38.0 Å². The second kappa shape index (κ2) is 8.74. The van der Waals surface area contributed by atoms with E-state index in [1.165, 1.54) is 0 Å². The lowest BCUT2D eigenvalue weighted by Gasteiger charge is -2.26. The standard InChI is InChI=1S/C21H33N3O3/c1-21(2,3)12-19(25)22-16-7-10-18(23(4)5)15(11-16)13-24(17-8-9-17)20(26)14-27-6/h7,10-11,17H,8-9,12-14H2,1-6H3,(H,22,25). The first kappa shape index (κ1) is 21.2. The van der Waals surface area contributed by atoms with Crippen LogP contribution in [-0.2, 0) is 20.9 Å². The number of nitrogens with zero attached hydrogens (tertiary/aromatic N) is 2. The van der Waals surface area contributed by atoms with Crippen LogP contribution in [0.25, 0.3) is 0 Å². The molecule has 0 heterocycles. The van der Waals surface area contributed by atoms with Gasteiger partial charge in [0, 0.05) is 51.6 Å². The normalized spacial score (nSPS) is 14.0. The number of carbonyl (C=O) groups excluding carboxylic acids is 2. The summed E-state index contributed by atoms with van der Waals surface area (Å²) in [5.41, 5.74) is 2.76. The number of anilines is 2. The first-order valence-corrected chi connectivity index (χ1v) is 9.49. The second-order valence-corrected chi connectivity index (χ2v) is 8.71. The number of ether oxygens (including phenoxy) is 1. The second-order valence-electron chi connectivity index (χ2n) is 8.71. The Morgan fingerprint density at radius 1 is 1.22 bits per heavy atom. The van der Waals surface area contributed by atoms with Crippen molar-refractivity contribution >= 4 is 23.2 Å². The Morgan fingerprint density at radius 3 is 2.41 bits per heavy atom. The quantitative estimate of drug-likeness (QED) is 0.758. The van der Waals surface area contributed by atoms with E-state index in [0.717, 1.165) is 29.8 Å². The van der Waals surface area contributed by atoms with Crippen LogP contribution in [0.15, 0.2) is 18.2 Å². The average Bonchev–Trinajstić information content (AvgIpc) is 3.35. The van der Waals surface area contributed by atoms with Gasteiger partial charge in [0.15, 0.2) is 0 Å². The molecule has 0 spiro atoms. The van der Waals surface area contributed by atoms with Gasteiger partial charge in [-0.15, -0.1) is 0 Å². The van der Waals surface area contributed by atoms with Gasteiger partial charge in [0.25, 0.3) is 0 Å². The van der Waals surface area contributed by atoms with Gasteiger partial charge < -0.3 is 19.9 Å². The molecule has 0 unspecified atom stereocenters. The van der Waals surface area contributed by atoms with E-state index in [1.54, 1.807) is 7.11 Å². The molecular weight excluding hydrogens is 342 g/mol. The summed E-state index contributed by atoms with van der Waals surface area (Å²) in [6.45, 7) is 6.74. The van der Waals surface area contributed by atoms with Gasteiger partial charge in [-0.3, -0.25) is 9.59 Å². The van der Waals surface area contributed by atoms with E-state index in [1.807, 2.05) is 62.9 Å². The Hall–Kier alpha value is -2.08. The van der Waals surface area contributed by atoms with Crippen molar-refractivity contribution < 1.29 is 14.3 Å². The van der Waals surface area contributed by atoms with Crippen LogP contribution in [0.4, 0.5) is 11.4 Å². The minimum Gasteiger partial charge on any atom is -0.377 e. The summed E-state index contributed by atoms with van der Waals surface area (Å²) in [6, 6.07) is 6.18. The van der Waals surface area contributed by atoms with Crippen LogP contribution in [0.2, 0.25) is 0 Å². The molecule has 0 bridgehead atoms. The van der Waals surface area contributed by atoms with Crippen LogP contribution >= 0.6 is 0 Å². The van der Waals surface area contributed by atoms with Crippen LogP contribution in [0.3, 0.4) is 0 Å². The summed E-state index contributed by atoms with van der Waals surface area (Å²) in [5.74, 6) is 0.00689. The molecule has 150 valence electrons. The molecule has 1 N–H and O–H groups in total. The third-order valence-electron chi connectivity index (χ3n) is 4.45. The molecule has 0 radical (unpaired) electrons. The topological polar surface area (TPSA) is 61.9 Å². The van der Waals surface area contributed by atoms with E-state index in [2.05, 4.69) is 5.32 Å². The van der Waals surface area contributed by atoms with Gasteiger partial charge in [0.1, 0.15) is 6.61 Å². The number of hydrogen-bond acceptors (Lipinski definition) is 4. The zero-order chi connectivity index (χ0) is 20.2. The number of hydrogen-bond donors (Lipinski definition) is 1. The van der Waals surface area contributed by atoms with Gasteiger partial charge in [0.2, 0.25) is 11.8 Å². The molecule has 0 aromatic heterocycles. The fourth-order valence-electron chi connectivity index (χ4n) is 3.11. The highest BCUT2D eigenvalue weighted by atomic mass is 16.5. The van der Waals surface area contributed by atoms with Crippen LogP contribution in [0, 0.1) is 5.41 Å². The highest BCUT2D eigenvalue weighted by molar-refractivity contribution is 5.91. The maximum Gasteiger partial charge on any atom is 0.249 e. The lowest BCUT2D eigenvalue weighted by atomic mass is 9.92. The third-order valence-corrected chi connectivity index (χ3v) is 4.45. The number of benzene rings is 1. The molecule has 2 rings (SSSR count). The predicted molar refractivity (Wildman–Crippen MR) is 109 cm³/mol. The molecular formula is C21H33N3O3. The fraction of sp³-hybridized carbons (Fsp3) is 0.619. The predicted octanol–water partition coefficient (Wildman–Crippen LogP) is 3.26. The fourth-order valence-corrected chi connectivity index (χ4v) is 3.11. The van der Waals surface area contributed by atoms with Crippen molar-refractivity contribution in [3.8, 4) is 0 Å². The molecule has 0 aliphatic heterocycles. The monoisotopic (exact) mass is 375 g/mol. The molecule has 0 saturated heterocycles. The molecule has 1 aliphatic rings. The SMILES string of the molecule is COCC(=O)N(Cc1cc(NC(=O)CC(C)(C)C)ccc1N(C)C)C1CC1. The Morgan fingerprint density at radius 2 is 1.89 bits per heavy atom. The lowest BCUT2D eigenvalue weighted by molar-refractivity contribution is -0.136. The molecule has 6 nitrogen and oxygen atoms in total. The molecule has 1 aliphatic carbocycles. The van der Waals surface area contributed by atoms with Crippen molar-refractivity contribution in [2.45, 2.75) is 52.6 Å². The summed E-state index contributed by atoms with van der Waals surface area (Å²) in [6.07, 6.45) is 2.53. The molecule has 1 saturated carbocycles. The van der Waals surface area contributed by atoms with Crippen molar-refractivity contribution in [3.63, 3.8) is 0 Å². The maximum absolute atomic E-state index is 12.4. The molecule has 1 aromatic carbocycles. The highest BCUT2D eigenvalue weighted by Crippen LogP contribution is 2.32. The Bertz CT molecular complexity index is 676. The van der Waals surface area contributed by atoms with E-state index in [9.17, 15) is 9.59 Å². The zero-order valence-corrected chi connectivity index (χ0v) is 17.5. The Kier molecular flexibility index (Phi) is 6.87. The molecule has 1 fully saturated rings. The maximum atomic E-state index is 12.4. The third kappa shape index (κ3) is 6.54. The first-order valence-electron chi connectivity index (χ1n) is 9.49. The van der Waals surface area contributed by atoms with Crippen LogP contribution < -0.4 is 10.2 Å². The molecule has 6 heteroatoms. The summed E-state index contributed by atoms with van der Waals surface area (Å²) >= 11 is 0. The largest absolute Gasteiger partial charge is 0.377 e. The molecule has 27 heavy (non-hydrogen) atoms. The summed E-state index contributed by atoms with van der Waals surface area (Å²) in [7, 11) is 5.50. The average molecular weight is 376 g/mol. The van der Waals surface area contributed by atoms with Gasteiger partial charge in [-0.2, -0.15) is 0 Å². The van der Waals surface area contributed by atoms with Gasteiger partial charge in [-0.25, -0.2) is 0 Å². The number of amides is 2. The number of rotatable bonds is 8. The zero-order valence-electron chi connectivity index (χ0n) is 17.5. The number of nitrogens with one attached hydrogen (secondary N) is 1. The number of carbonyl (C=O) groups is 2. The van der Waals surface area contributed by atoms with Crippen LogP contribution in [0.5, 0.6) is 0 Å². The van der Waals surface area contributed by atoms with Gasteiger partial charge in [0.05, 0.1) is 0 Å². The lowest BCUT2D eigenvalue weighted by Crippen LogP contribution is -2.35. The minimum atomic E-state index is -0.0637. The summed E-state index contributed by atoms with van der Waals surface area (Å²) < 4.78 is 5.04. The van der Waals surface area contributed by atoms with Crippen LogP contribution in [0.1, 0.15) is 45.6 Å². The first-order chi connectivity index (χ1) is 12.6. The molecule has 2 amide bonds. The van der Waals surface area contributed by atoms with E-state index < -0.39 is 0 Å². The van der Waals surface area contributed by atoms with Crippen molar-refractivity contribution in [3.05, 3.63) is 23.8 Å². The summed E-state index contributed by atoms with van der Waals surface area (Å²) in [5, 5.41) is 2.99. The van der Waals surface area contributed by atoms with Crippen molar-refractivity contribution in [1.29, 1.82) is 0 Å². The Balaban J connectivity index is 2.21. The molecule has 1 aromatic rings. The Labute approximate surface area is 162 Å². The van der Waals surface area contributed by atoms with E-state index in [4.69, 9.17) is 4.74 Å².